The molecule has 0 unspecified atom stereocenters. The number of rotatable bonds is 6. The standard InChI is InChI=1S/C23H29N5OS/c1-14-8-7-9-15(2)21(14)27-19(29)12-24-22-20-16(3)17(4)30-23(20)26-18(25-22)13-28-10-5-6-11-28/h7-9H,5-6,10-13H2,1-4H3,(H,27,29)(H,24,25,26). The zero-order valence-corrected chi connectivity index (χ0v) is 18.9. The third kappa shape index (κ3) is 4.32. The molecule has 1 saturated heterocycles. The molecule has 0 radical (unpaired) electrons. The van der Waals surface area contributed by atoms with Crippen molar-refractivity contribution in [2.75, 3.05) is 30.3 Å². The highest BCUT2D eigenvalue weighted by Gasteiger charge is 2.18. The molecule has 0 spiro atoms. The molecule has 30 heavy (non-hydrogen) atoms. The van der Waals surface area contributed by atoms with Crippen LogP contribution in [-0.2, 0) is 11.3 Å². The van der Waals surface area contributed by atoms with Crippen molar-refractivity contribution < 1.29 is 4.79 Å². The molecular weight excluding hydrogens is 394 g/mol. The Morgan fingerprint density at radius 3 is 2.50 bits per heavy atom. The van der Waals surface area contributed by atoms with Crippen molar-refractivity contribution >= 4 is 39.0 Å². The van der Waals surface area contributed by atoms with Gasteiger partial charge in [-0.2, -0.15) is 0 Å². The predicted molar refractivity (Wildman–Crippen MR) is 124 cm³/mol. The Balaban J connectivity index is 1.55. The van der Waals surface area contributed by atoms with Crippen LogP contribution in [0.4, 0.5) is 11.5 Å². The molecule has 3 aromatic rings. The van der Waals surface area contributed by atoms with Crippen molar-refractivity contribution in [1.29, 1.82) is 0 Å². The molecule has 0 aliphatic carbocycles. The first kappa shape index (κ1) is 20.8. The Labute approximate surface area is 181 Å². The van der Waals surface area contributed by atoms with E-state index >= 15 is 0 Å². The summed E-state index contributed by atoms with van der Waals surface area (Å²) in [5.41, 5.74) is 4.18. The second-order valence-electron chi connectivity index (χ2n) is 8.10. The zero-order valence-electron chi connectivity index (χ0n) is 18.1. The lowest BCUT2D eigenvalue weighted by Gasteiger charge is -2.15. The monoisotopic (exact) mass is 423 g/mol. The number of carbonyl (C=O) groups is 1. The van der Waals surface area contributed by atoms with Crippen LogP contribution >= 0.6 is 11.3 Å². The lowest BCUT2D eigenvalue weighted by atomic mass is 10.1. The Bertz CT molecular complexity index is 1060. The van der Waals surface area contributed by atoms with E-state index in [1.807, 2.05) is 32.0 Å². The van der Waals surface area contributed by atoms with Gasteiger partial charge in [0.15, 0.2) is 0 Å². The van der Waals surface area contributed by atoms with E-state index in [0.29, 0.717) is 0 Å². The highest BCUT2D eigenvalue weighted by Crippen LogP contribution is 2.33. The van der Waals surface area contributed by atoms with Gasteiger partial charge in [-0.05, 0) is 70.3 Å². The maximum absolute atomic E-state index is 12.7. The summed E-state index contributed by atoms with van der Waals surface area (Å²) >= 11 is 1.70. The number of amides is 1. The van der Waals surface area contributed by atoms with Crippen LogP contribution in [0.25, 0.3) is 10.2 Å². The summed E-state index contributed by atoms with van der Waals surface area (Å²) in [4.78, 5) is 26.9. The summed E-state index contributed by atoms with van der Waals surface area (Å²) in [5, 5.41) is 7.36. The fourth-order valence-corrected chi connectivity index (χ4v) is 5.04. The lowest BCUT2D eigenvalue weighted by molar-refractivity contribution is -0.114. The van der Waals surface area contributed by atoms with E-state index in [1.165, 1.54) is 23.3 Å². The summed E-state index contributed by atoms with van der Waals surface area (Å²) < 4.78 is 0. The van der Waals surface area contributed by atoms with E-state index in [-0.39, 0.29) is 12.5 Å². The number of thiophene rings is 1. The van der Waals surface area contributed by atoms with E-state index in [9.17, 15) is 4.79 Å². The third-order valence-electron chi connectivity index (χ3n) is 5.80. The van der Waals surface area contributed by atoms with Gasteiger partial charge in [0.05, 0.1) is 18.5 Å². The van der Waals surface area contributed by atoms with Crippen LogP contribution < -0.4 is 10.6 Å². The molecule has 4 rings (SSSR count). The number of carbonyl (C=O) groups excluding carboxylic acids is 1. The molecule has 158 valence electrons. The quantitative estimate of drug-likeness (QED) is 0.608. The van der Waals surface area contributed by atoms with Gasteiger partial charge < -0.3 is 10.6 Å². The van der Waals surface area contributed by atoms with Gasteiger partial charge in [0.2, 0.25) is 5.91 Å². The average molecular weight is 424 g/mol. The van der Waals surface area contributed by atoms with Crippen molar-refractivity contribution in [3.8, 4) is 0 Å². The molecular formula is C23H29N5OS. The molecule has 2 N–H and O–H groups in total. The summed E-state index contributed by atoms with van der Waals surface area (Å²) in [7, 11) is 0. The number of anilines is 2. The predicted octanol–water partition coefficient (Wildman–Crippen LogP) is 4.57. The van der Waals surface area contributed by atoms with Crippen LogP contribution in [0, 0.1) is 27.7 Å². The van der Waals surface area contributed by atoms with Crippen LogP contribution in [0.1, 0.15) is 40.2 Å². The third-order valence-corrected chi connectivity index (χ3v) is 6.90. The maximum atomic E-state index is 12.7. The number of nitrogens with one attached hydrogen (secondary N) is 2. The zero-order chi connectivity index (χ0) is 21.3. The van der Waals surface area contributed by atoms with Gasteiger partial charge in [0.1, 0.15) is 16.5 Å². The number of benzene rings is 1. The van der Waals surface area contributed by atoms with Crippen molar-refractivity contribution in [1.82, 2.24) is 14.9 Å². The Hall–Kier alpha value is -2.51. The molecule has 7 heteroatoms. The SMILES string of the molecule is Cc1cccc(C)c1NC(=O)CNc1nc(CN2CCCC2)nc2sc(C)c(C)c12. The number of nitrogens with zero attached hydrogens (tertiary/aromatic N) is 3. The molecule has 1 aliphatic heterocycles. The smallest absolute Gasteiger partial charge is 0.243 e. The molecule has 1 amide bonds. The molecule has 0 atom stereocenters. The van der Waals surface area contributed by atoms with Crippen LogP contribution in [0.3, 0.4) is 0 Å². The highest BCUT2D eigenvalue weighted by molar-refractivity contribution is 7.18. The summed E-state index contributed by atoms with van der Waals surface area (Å²) in [6.45, 7) is 11.3. The van der Waals surface area contributed by atoms with Gasteiger partial charge in [-0.1, -0.05) is 18.2 Å². The number of hydrogen-bond acceptors (Lipinski definition) is 6. The summed E-state index contributed by atoms with van der Waals surface area (Å²) in [6, 6.07) is 6.01. The minimum absolute atomic E-state index is 0.0788. The van der Waals surface area contributed by atoms with Gasteiger partial charge in [-0.25, -0.2) is 9.97 Å². The molecule has 0 saturated carbocycles. The van der Waals surface area contributed by atoms with Gasteiger partial charge in [0.25, 0.3) is 0 Å². The lowest BCUT2D eigenvalue weighted by Crippen LogP contribution is -2.24. The largest absolute Gasteiger partial charge is 0.360 e. The first-order valence-electron chi connectivity index (χ1n) is 10.5. The number of para-hydroxylation sites is 1. The number of aromatic nitrogens is 2. The van der Waals surface area contributed by atoms with Crippen LogP contribution in [0.5, 0.6) is 0 Å². The fourth-order valence-electron chi connectivity index (χ4n) is 3.99. The van der Waals surface area contributed by atoms with E-state index in [2.05, 4.69) is 29.4 Å². The second kappa shape index (κ2) is 8.70. The molecule has 0 bridgehead atoms. The topological polar surface area (TPSA) is 70.2 Å². The van der Waals surface area contributed by atoms with Crippen LogP contribution in [0.2, 0.25) is 0 Å². The van der Waals surface area contributed by atoms with Crippen molar-refractivity contribution in [2.24, 2.45) is 0 Å². The van der Waals surface area contributed by atoms with Crippen LogP contribution in [-0.4, -0.2) is 40.4 Å². The molecule has 3 heterocycles. The Morgan fingerprint density at radius 2 is 1.80 bits per heavy atom. The minimum Gasteiger partial charge on any atom is -0.360 e. The fraction of sp³-hybridized carbons (Fsp3) is 0.435. The molecule has 6 nitrogen and oxygen atoms in total. The first-order valence-corrected chi connectivity index (χ1v) is 11.3. The van der Waals surface area contributed by atoms with E-state index in [4.69, 9.17) is 9.97 Å². The van der Waals surface area contributed by atoms with Gasteiger partial charge >= 0.3 is 0 Å². The van der Waals surface area contributed by atoms with E-state index in [0.717, 1.165) is 58.3 Å². The van der Waals surface area contributed by atoms with Gasteiger partial charge in [0, 0.05) is 10.6 Å². The van der Waals surface area contributed by atoms with Crippen molar-refractivity contribution in [2.45, 2.75) is 47.1 Å². The molecule has 1 fully saturated rings. The molecule has 2 aromatic heterocycles. The summed E-state index contributed by atoms with van der Waals surface area (Å²) in [6.07, 6.45) is 2.48. The Morgan fingerprint density at radius 1 is 1.10 bits per heavy atom. The minimum atomic E-state index is -0.0788. The van der Waals surface area contributed by atoms with Crippen LogP contribution in [0.15, 0.2) is 18.2 Å². The Kier molecular flexibility index (Phi) is 6.01. The van der Waals surface area contributed by atoms with E-state index < -0.39 is 0 Å². The highest BCUT2D eigenvalue weighted by atomic mass is 32.1. The van der Waals surface area contributed by atoms with Crippen molar-refractivity contribution in [3.63, 3.8) is 0 Å². The van der Waals surface area contributed by atoms with Gasteiger partial charge in [-0.15, -0.1) is 11.3 Å². The number of fused-ring (bicyclic) bond motifs is 1. The average Bonchev–Trinajstić information content (AvgIpc) is 3.31. The molecule has 1 aromatic carbocycles. The number of hydrogen-bond donors (Lipinski definition) is 2. The van der Waals surface area contributed by atoms with Gasteiger partial charge in [-0.3, -0.25) is 9.69 Å². The number of aryl methyl sites for hydroxylation is 4. The normalized spacial score (nSPS) is 14.4. The van der Waals surface area contributed by atoms with E-state index in [1.54, 1.807) is 11.3 Å². The first-order chi connectivity index (χ1) is 14.4. The maximum Gasteiger partial charge on any atom is 0.243 e. The second-order valence-corrected chi connectivity index (χ2v) is 9.31. The molecule has 1 aliphatic rings. The summed E-state index contributed by atoms with van der Waals surface area (Å²) in [5.74, 6) is 1.50. The number of likely N-dealkylation sites (tertiary alicyclic amines) is 1. The van der Waals surface area contributed by atoms with Crippen molar-refractivity contribution in [3.05, 3.63) is 45.6 Å².